The number of carbonyl (C=O) groups excluding carboxylic acids is 1. The number of nitrogens with two attached hydrogens (primary N) is 1. The van der Waals surface area contributed by atoms with Gasteiger partial charge in [0.1, 0.15) is 0 Å². The van der Waals surface area contributed by atoms with Gasteiger partial charge in [0, 0.05) is 39.8 Å². The summed E-state index contributed by atoms with van der Waals surface area (Å²) in [7, 11) is 3.36. The lowest BCUT2D eigenvalue weighted by Gasteiger charge is -2.23. The van der Waals surface area contributed by atoms with Crippen molar-refractivity contribution in [2.24, 2.45) is 5.84 Å². The highest BCUT2D eigenvalue weighted by atomic mass is 16.5. The first-order valence-electron chi connectivity index (χ1n) is 5.41. The Morgan fingerprint density at radius 2 is 1.94 bits per heavy atom. The molecule has 0 radical (unpaired) electrons. The number of hydrogen-bond acceptors (Lipinski definition) is 5. The Morgan fingerprint density at radius 1 is 1.44 bits per heavy atom. The van der Waals surface area contributed by atoms with E-state index in [0.717, 1.165) is 13.1 Å². The van der Waals surface area contributed by atoms with Gasteiger partial charge in [-0.15, -0.1) is 0 Å². The first-order valence-corrected chi connectivity index (χ1v) is 5.41. The van der Waals surface area contributed by atoms with Crippen molar-refractivity contribution in [1.29, 1.82) is 0 Å². The highest BCUT2D eigenvalue weighted by molar-refractivity contribution is 5.75. The van der Waals surface area contributed by atoms with Crippen LogP contribution in [-0.2, 0) is 14.3 Å². The van der Waals surface area contributed by atoms with Crippen molar-refractivity contribution in [3.8, 4) is 0 Å². The molecular formula is C10H21N3O3. The fraction of sp³-hybridized carbons (Fsp3) is 0.900. The van der Waals surface area contributed by atoms with Gasteiger partial charge in [-0.2, -0.15) is 0 Å². The third-order valence-electron chi connectivity index (χ3n) is 3.11. The molecule has 3 unspecified atom stereocenters. The third-order valence-corrected chi connectivity index (χ3v) is 3.11. The topological polar surface area (TPSA) is 76.8 Å². The van der Waals surface area contributed by atoms with E-state index in [1.165, 1.54) is 0 Å². The summed E-state index contributed by atoms with van der Waals surface area (Å²) in [5, 5.41) is 0. The Bertz CT molecular complexity index is 225. The van der Waals surface area contributed by atoms with E-state index in [-0.39, 0.29) is 24.2 Å². The van der Waals surface area contributed by atoms with Crippen LogP contribution in [0.2, 0.25) is 0 Å². The van der Waals surface area contributed by atoms with E-state index in [4.69, 9.17) is 15.3 Å². The van der Waals surface area contributed by atoms with E-state index < -0.39 is 0 Å². The number of rotatable bonds is 5. The van der Waals surface area contributed by atoms with E-state index >= 15 is 0 Å². The summed E-state index contributed by atoms with van der Waals surface area (Å²) in [6.45, 7) is 3.57. The molecule has 0 saturated carbocycles. The quantitative estimate of drug-likeness (QED) is 0.364. The number of likely N-dealkylation sites (tertiary alicyclic amines) is 1. The molecule has 94 valence electrons. The van der Waals surface area contributed by atoms with Crippen LogP contribution in [0.4, 0.5) is 0 Å². The summed E-state index contributed by atoms with van der Waals surface area (Å²) in [6.07, 6.45) is 0.547. The summed E-state index contributed by atoms with van der Waals surface area (Å²) in [6, 6.07) is 0.140. The molecule has 0 aromatic heterocycles. The SMILES string of the molecule is COC1CN(C(C)CC(=O)NN)CC1OC. The molecule has 1 heterocycles. The second kappa shape index (κ2) is 6.15. The van der Waals surface area contributed by atoms with Gasteiger partial charge in [0.15, 0.2) is 0 Å². The predicted molar refractivity (Wildman–Crippen MR) is 59.6 cm³/mol. The highest BCUT2D eigenvalue weighted by Gasteiger charge is 2.35. The average molecular weight is 231 g/mol. The molecule has 0 aliphatic carbocycles. The Labute approximate surface area is 96.0 Å². The van der Waals surface area contributed by atoms with Crippen molar-refractivity contribution >= 4 is 5.91 Å². The van der Waals surface area contributed by atoms with Crippen molar-refractivity contribution < 1.29 is 14.3 Å². The molecule has 0 bridgehead atoms. The highest BCUT2D eigenvalue weighted by Crippen LogP contribution is 2.19. The van der Waals surface area contributed by atoms with Crippen molar-refractivity contribution in [3.05, 3.63) is 0 Å². The number of ether oxygens (including phenoxy) is 2. The van der Waals surface area contributed by atoms with Gasteiger partial charge in [0.05, 0.1) is 12.2 Å². The number of carbonyl (C=O) groups is 1. The van der Waals surface area contributed by atoms with Gasteiger partial charge in [-0.3, -0.25) is 15.1 Å². The summed E-state index contributed by atoms with van der Waals surface area (Å²) in [5.41, 5.74) is 2.14. The van der Waals surface area contributed by atoms with Gasteiger partial charge in [0.25, 0.3) is 0 Å². The maximum atomic E-state index is 11.2. The first-order chi connectivity index (χ1) is 7.62. The summed E-state index contributed by atoms with van der Waals surface area (Å²) < 4.78 is 10.7. The molecule has 0 aromatic carbocycles. The molecule has 1 amide bonds. The molecule has 6 nitrogen and oxygen atoms in total. The fourth-order valence-electron chi connectivity index (χ4n) is 2.04. The van der Waals surface area contributed by atoms with Crippen LogP contribution in [0.15, 0.2) is 0 Å². The van der Waals surface area contributed by atoms with E-state index in [9.17, 15) is 4.79 Å². The standard InChI is InChI=1S/C10H21N3O3/c1-7(4-10(14)12-11)13-5-8(15-2)9(6-13)16-3/h7-9H,4-6,11H2,1-3H3,(H,12,14). The Balaban J connectivity index is 2.47. The lowest BCUT2D eigenvalue weighted by atomic mass is 10.2. The molecule has 3 atom stereocenters. The van der Waals surface area contributed by atoms with Gasteiger partial charge in [-0.25, -0.2) is 5.84 Å². The number of nitrogens with one attached hydrogen (secondary N) is 1. The number of hydrogen-bond donors (Lipinski definition) is 2. The van der Waals surface area contributed by atoms with E-state index in [0.29, 0.717) is 6.42 Å². The van der Waals surface area contributed by atoms with Crippen molar-refractivity contribution in [2.45, 2.75) is 31.6 Å². The number of hydrazine groups is 1. The van der Waals surface area contributed by atoms with Crippen LogP contribution in [0.1, 0.15) is 13.3 Å². The van der Waals surface area contributed by atoms with Gasteiger partial charge in [-0.1, -0.05) is 0 Å². The van der Waals surface area contributed by atoms with Crippen molar-refractivity contribution in [2.75, 3.05) is 27.3 Å². The maximum absolute atomic E-state index is 11.2. The maximum Gasteiger partial charge on any atom is 0.235 e. The third kappa shape index (κ3) is 3.15. The lowest BCUT2D eigenvalue weighted by Crippen LogP contribution is -2.39. The van der Waals surface area contributed by atoms with Crippen LogP contribution in [-0.4, -0.2) is 56.4 Å². The van der Waals surface area contributed by atoms with Crippen LogP contribution in [0.25, 0.3) is 0 Å². The molecular weight excluding hydrogens is 210 g/mol. The van der Waals surface area contributed by atoms with Gasteiger partial charge >= 0.3 is 0 Å². The van der Waals surface area contributed by atoms with Crippen LogP contribution in [0.5, 0.6) is 0 Å². The van der Waals surface area contributed by atoms with Crippen LogP contribution >= 0.6 is 0 Å². The van der Waals surface area contributed by atoms with E-state index in [1.54, 1.807) is 14.2 Å². The smallest absolute Gasteiger partial charge is 0.235 e. The molecule has 1 rings (SSSR count). The molecule has 16 heavy (non-hydrogen) atoms. The second-order valence-electron chi connectivity index (χ2n) is 4.12. The Kier molecular flexibility index (Phi) is 5.14. The molecule has 1 fully saturated rings. The first kappa shape index (κ1) is 13.4. The normalized spacial score (nSPS) is 28.0. The zero-order valence-electron chi connectivity index (χ0n) is 10.1. The van der Waals surface area contributed by atoms with Gasteiger partial charge in [0.2, 0.25) is 5.91 Å². The molecule has 0 spiro atoms. The molecule has 3 N–H and O–H groups in total. The molecule has 1 aliphatic rings. The monoisotopic (exact) mass is 231 g/mol. The zero-order valence-corrected chi connectivity index (χ0v) is 10.1. The second-order valence-corrected chi connectivity index (χ2v) is 4.12. The fourth-order valence-corrected chi connectivity index (χ4v) is 2.04. The largest absolute Gasteiger partial charge is 0.377 e. The van der Waals surface area contributed by atoms with Crippen LogP contribution in [0, 0.1) is 0 Å². The predicted octanol–water partition coefficient (Wildman–Crippen LogP) is -0.899. The number of nitrogens with zero attached hydrogens (tertiary/aromatic N) is 1. The zero-order chi connectivity index (χ0) is 12.1. The van der Waals surface area contributed by atoms with E-state index in [2.05, 4.69) is 10.3 Å². The minimum absolute atomic E-state index is 0.0772. The Hall–Kier alpha value is -0.690. The molecule has 0 aromatic rings. The number of amides is 1. The van der Waals surface area contributed by atoms with E-state index in [1.807, 2.05) is 6.92 Å². The van der Waals surface area contributed by atoms with Crippen LogP contribution in [0.3, 0.4) is 0 Å². The summed E-state index contributed by atoms with van der Waals surface area (Å²) >= 11 is 0. The Morgan fingerprint density at radius 3 is 2.31 bits per heavy atom. The van der Waals surface area contributed by atoms with Gasteiger partial charge in [-0.05, 0) is 6.92 Å². The minimum Gasteiger partial charge on any atom is -0.377 e. The minimum atomic E-state index is -0.151. The van der Waals surface area contributed by atoms with Crippen molar-refractivity contribution in [3.63, 3.8) is 0 Å². The summed E-state index contributed by atoms with van der Waals surface area (Å²) in [5.74, 6) is 4.91. The average Bonchev–Trinajstić information content (AvgIpc) is 2.71. The van der Waals surface area contributed by atoms with Crippen molar-refractivity contribution in [1.82, 2.24) is 10.3 Å². The molecule has 6 heteroatoms. The van der Waals surface area contributed by atoms with Crippen LogP contribution < -0.4 is 11.3 Å². The summed E-state index contributed by atoms with van der Waals surface area (Å²) in [4.78, 5) is 13.3. The molecule has 1 aliphatic heterocycles. The number of methoxy groups -OCH3 is 2. The lowest BCUT2D eigenvalue weighted by molar-refractivity contribution is -0.122. The van der Waals surface area contributed by atoms with Gasteiger partial charge < -0.3 is 9.47 Å². The molecule has 1 saturated heterocycles.